The molecule has 0 unspecified atom stereocenters. The summed E-state index contributed by atoms with van der Waals surface area (Å²) in [5.41, 5.74) is 14.7. The standard InChI is InChI=1S/C84H52F4N6/c85-53-23-15-32-59(51-53)89(55-24-5-1-6-25-55)68-40-19-44-72-78(68)62-34-16-37-65-81-71(43-22-47-75(81)93(72)83(62)65)92(58-30-11-4-12-31-58)77-52-54(86)49-50-60(77)61-33-18-48-76(82(61)88)91(57-28-9-3-10-29-57)70-42-21-46-74-80(70)64-36-17-35-63-79-69(41-20-45-73(79)94(74)84(63)64)90(56-26-7-2-8-27-56)67-39-14-13-38-66(67)87/h1-52H. The fraction of sp³-hybridized carbons (Fsp3) is 0. The van der Waals surface area contributed by atoms with Crippen molar-refractivity contribution in [3.63, 3.8) is 0 Å². The maximum atomic E-state index is 19.1. The van der Waals surface area contributed by atoms with Crippen LogP contribution in [0.4, 0.5) is 85.8 Å². The molecule has 4 aromatic heterocycles. The zero-order valence-electron chi connectivity index (χ0n) is 50.2. The van der Waals surface area contributed by atoms with Gasteiger partial charge in [-0.15, -0.1) is 0 Å². The zero-order valence-corrected chi connectivity index (χ0v) is 50.2. The third-order valence-corrected chi connectivity index (χ3v) is 18.5. The van der Waals surface area contributed by atoms with Gasteiger partial charge in [-0.3, -0.25) is 0 Å². The summed E-state index contributed by atoms with van der Waals surface area (Å²) in [4.78, 5) is 8.15. The molecule has 18 rings (SSSR count). The Labute approximate surface area is 537 Å². The molecule has 4 heterocycles. The van der Waals surface area contributed by atoms with E-state index in [1.807, 2.05) is 192 Å². The maximum absolute atomic E-state index is 19.1. The number of para-hydroxylation sites is 7. The van der Waals surface area contributed by atoms with Gasteiger partial charge in [-0.2, -0.15) is 0 Å². The van der Waals surface area contributed by atoms with E-state index in [0.29, 0.717) is 28.3 Å². The van der Waals surface area contributed by atoms with Crippen molar-refractivity contribution in [3.05, 3.63) is 339 Å². The number of hydrogen-bond acceptors (Lipinski definition) is 4. The molecular weight excluding hydrogens is 1170 g/mol. The van der Waals surface area contributed by atoms with Crippen molar-refractivity contribution < 1.29 is 17.6 Å². The molecule has 0 saturated carbocycles. The molecule has 0 bridgehead atoms. The van der Waals surface area contributed by atoms with Gasteiger partial charge in [0, 0.05) is 82.7 Å². The summed E-state index contributed by atoms with van der Waals surface area (Å²) < 4.78 is 71.7. The van der Waals surface area contributed by atoms with Crippen LogP contribution in [0.15, 0.2) is 315 Å². The van der Waals surface area contributed by atoms with Gasteiger partial charge in [0.2, 0.25) is 0 Å². The molecule has 0 spiro atoms. The van der Waals surface area contributed by atoms with E-state index < -0.39 is 11.6 Å². The Balaban J connectivity index is 0.821. The average molecular weight is 1220 g/mol. The van der Waals surface area contributed by atoms with Crippen molar-refractivity contribution >= 4 is 144 Å². The number of hydrogen-bond donors (Lipinski definition) is 0. The summed E-state index contributed by atoms with van der Waals surface area (Å²) in [6.45, 7) is 0. The molecule has 0 amide bonds. The van der Waals surface area contributed by atoms with Crippen molar-refractivity contribution in [3.8, 4) is 11.1 Å². The second kappa shape index (κ2) is 21.6. The minimum absolute atomic E-state index is 0.271. The lowest BCUT2D eigenvalue weighted by Crippen LogP contribution is -2.14. The molecule has 18 aromatic rings. The summed E-state index contributed by atoms with van der Waals surface area (Å²) in [6.07, 6.45) is 0. The van der Waals surface area contributed by atoms with Gasteiger partial charge in [-0.1, -0.05) is 164 Å². The molecule has 10 heteroatoms. The second-order valence-electron chi connectivity index (χ2n) is 23.7. The number of rotatable bonds is 13. The van der Waals surface area contributed by atoms with Crippen molar-refractivity contribution in [1.82, 2.24) is 8.80 Å². The van der Waals surface area contributed by atoms with Gasteiger partial charge in [-0.25, -0.2) is 17.6 Å². The number of benzene rings is 14. The summed E-state index contributed by atoms with van der Waals surface area (Å²) in [6, 6.07) is 101. The normalized spacial score (nSPS) is 11.8. The minimum atomic E-state index is -0.506. The van der Waals surface area contributed by atoms with Crippen LogP contribution in [0.25, 0.3) is 87.3 Å². The third-order valence-electron chi connectivity index (χ3n) is 18.5. The predicted molar refractivity (Wildman–Crippen MR) is 380 cm³/mol. The first-order valence-corrected chi connectivity index (χ1v) is 31.3. The summed E-state index contributed by atoms with van der Waals surface area (Å²) in [7, 11) is 0. The smallest absolute Gasteiger partial charge is 0.155 e. The van der Waals surface area contributed by atoms with Crippen molar-refractivity contribution in [1.29, 1.82) is 0 Å². The topological polar surface area (TPSA) is 21.8 Å². The van der Waals surface area contributed by atoms with Crippen LogP contribution in [-0.2, 0) is 0 Å². The molecule has 0 N–H and O–H groups in total. The molecule has 0 saturated heterocycles. The fourth-order valence-electron chi connectivity index (χ4n) is 14.9. The van der Waals surface area contributed by atoms with E-state index in [9.17, 15) is 0 Å². The number of aromatic nitrogens is 2. The molecule has 0 aliphatic rings. The van der Waals surface area contributed by atoms with Crippen molar-refractivity contribution in [2.75, 3.05) is 19.6 Å². The Morgan fingerprint density at radius 2 is 0.564 bits per heavy atom. The van der Waals surface area contributed by atoms with Crippen LogP contribution in [0.5, 0.6) is 0 Å². The highest BCUT2D eigenvalue weighted by Gasteiger charge is 2.31. The van der Waals surface area contributed by atoms with Crippen LogP contribution in [0, 0.1) is 23.3 Å². The number of halogens is 4. The number of nitrogens with zero attached hydrogens (tertiary/aromatic N) is 6. The van der Waals surface area contributed by atoms with Gasteiger partial charge >= 0.3 is 0 Å². The highest BCUT2D eigenvalue weighted by Crippen LogP contribution is 2.54. The summed E-state index contributed by atoms with van der Waals surface area (Å²) in [5, 5.41) is 7.72. The molecule has 446 valence electrons. The van der Waals surface area contributed by atoms with E-state index in [1.165, 1.54) is 24.3 Å². The third kappa shape index (κ3) is 8.29. The molecule has 14 aromatic carbocycles. The van der Waals surface area contributed by atoms with Gasteiger partial charge < -0.3 is 28.4 Å². The van der Waals surface area contributed by atoms with Crippen LogP contribution in [0.3, 0.4) is 0 Å². The largest absolute Gasteiger partial charge is 0.310 e. The van der Waals surface area contributed by atoms with E-state index >= 15 is 17.6 Å². The average Bonchev–Trinajstić information content (AvgIpc) is 1.54. The Kier molecular flexibility index (Phi) is 12.6. The van der Waals surface area contributed by atoms with Gasteiger partial charge in [-0.05, 0) is 152 Å². The lowest BCUT2D eigenvalue weighted by atomic mass is 9.98. The first kappa shape index (κ1) is 54.5. The summed E-state index contributed by atoms with van der Waals surface area (Å²) in [5.74, 6) is -1.67. The van der Waals surface area contributed by atoms with E-state index in [-0.39, 0.29) is 17.2 Å². The van der Waals surface area contributed by atoms with E-state index in [0.717, 1.165) is 122 Å². The number of fused-ring (bicyclic) bond motifs is 12. The number of anilines is 12. The van der Waals surface area contributed by atoms with Crippen LogP contribution < -0.4 is 19.6 Å². The van der Waals surface area contributed by atoms with Gasteiger partial charge in [0.05, 0.1) is 72.9 Å². The van der Waals surface area contributed by atoms with Crippen molar-refractivity contribution in [2.45, 2.75) is 0 Å². The predicted octanol–water partition coefficient (Wildman–Crippen LogP) is 24.1. The quantitative estimate of drug-likeness (QED) is 0.107. The fourth-order valence-corrected chi connectivity index (χ4v) is 14.9. The lowest BCUT2D eigenvalue weighted by molar-refractivity contribution is 0.626. The van der Waals surface area contributed by atoms with Gasteiger partial charge in [0.25, 0.3) is 0 Å². The maximum Gasteiger partial charge on any atom is 0.155 e. The molecule has 0 fully saturated rings. The van der Waals surface area contributed by atoms with Crippen LogP contribution in [-0.4, -0.2) is 8.80 Å². The monoisotopic (exact) mass is 1220 g/mol. The van der Waals surface area contributed by atoms with Crippen molar-refractivity contribution in [2.24, 2.45) is 0 Å². The Bertz CT molecular complexity index is 5950. The minimum Gasteiger partial charge on any atom is -0.310 e. The molecule has 0 aliphatic heterocycles. The van der Waals surface area contributed by atoms with Crippen LogP contribution in [0.2, 0.25) is 0 Å². The van der Waals surface area contributed by atoms with Gasteiger partial charge in [0.15, 0.2) is 5.82 Å². The van der Waals surface area contributed by atoms with Crippen LogP contribution in [0.1, 0.15) is 0 Å². The Morgan fingerprint density at radius 3 is 1.02 bits per heavy atom. The Hall–Kier alpha value is -12.4. The second-order valence-corrected chi connectivity index (χ2v) is 23.7. The van der Waals surface area contributed by atoms with Gasteiger partial charge in [0.1, 0.15) is 17.5 Å². The highest BCUT2D eigenvalue weighted by atomic mass is 19.1. The van der Waals surface area contributed by atoms with E-state index in [2.05, 4.69) is 97.5 Å². The molecule has 94 heavy (non-hydrogen) atoms. The van der Waals surface area contributed by atoms with E-state index in [1.54, 1.807) is 30.3 Å². The molecular formula is C84H52F4N6. The SMILES string of the molecule is Fc1cccc(N(c2ccccc2)c2cccc3c2c2cccc4c5c(N(c6ccccc6)c6cc(F)ccc6-c6cccc(N(c7ccccc7)c7cccc8c7c7cccc9c%10c(N(c%11ccccc%11)c%11ccccc%11F)cccc%10n8c97)c6F)cccc5n3c24)c1. The molecule has 0 radical (unpaired) electrons. The Morgan fingerprint density at radius 1 is 0.223 bits per heavy atom. The first-order chi connectivity index (χ1) is 46.4. The lowest BCUT2D eigenvalue weighted by Gasteiger charge is -2.30. The molecule has 6 nitrogen and oxygen atoms in total. The molecule has 0 atom stereocenters. The van der Waals surface area contributed by atoms with E-state index in [4.69, 9.17) is 0 Å². The summed E-state index contributed by atoms with van der Waals surface area (Å²) >= 11 is 0. The molecule has 0 aliphatic carbocycles. The zero-order chi connectivity index (χ0) is 62.7. The van der Waals surface area contributed by atoms with Crippen LogP contribution >= 0.6 is 0 Å². The first-order valence-electron chi connectivity index (χ1n) is 31.3. The highest BCUT2D eigenvalue weighted by molar-refractivity contribution is 6.30.